The van der Waals surface area contributed by atoms with E-state index in [0.717, 1.165) is 42.5 Å². The molecule has 4 nitrogen and oxygen atoms in total. The standard InChI is InChI=1S/C16H21N3OS/c1-2-4-12-10-14(21-13(12)5-3-1)16-18-15(19-20-16)11-6-8-17-9-7-11/h10-11,17H,1-9H2. The molecule has 3 heterocycles. The highest BCUT2D eigenvalue weighted by Crippen LogP contribution is 2.35. The summed E-state index contributed by atoms with van der Waals surface area (Å²) in [6, 6.07) is 2.28. The van der Waals surface area contributed by atoms with Gasteiger partial charge in [0.05, 0.1) is 4.88 Å². The summed E-state index contributed by atoms with van der Waals surface area (Å²) in [5.41, 5.74) is 1.51. The molecule has 0 bridgehead atoms. The minimum atomic E-state index is 0.460. The Kier molecular flexibility index (Phi) is 3.78. The maximum Gasteiger partial charge on any atom is 0.268 e. The van der Waals surface area contributed by atoms with Crippen molar-refractivity contribution in [2.24, 2.45) is 0 Å². The van der Waals surface area contributed by atoms with Crippen molar-refractivity contribution in [1.29, 1.82) is 0 Å². The molecule has 0 aromatic carbocycles. The van der Waals surface area contributed by atoms with Crippen LogP contribution in [0.15, 0.2) is 10.6 Å². The van der Waals surface area contributed by atoms with Crippen LogP contribution in [-0.4, -0.2) is 23.2 Å². The Labute approximate surface area is 129 Å². The zero-order valence-electron chi connectivity index (χ0n) is 12.2. The van der Waals surface area contributed by atoms with Gasteiger partial charge in [-0.25, -0.2) is 0 Å². The van der Waals surface area contributed by atoms with Gasteiger partial charge in [0.15, 0.2) is 5.82 Å². The molecule has 0 unspecified atom stereocenters. The van der Waals surface area contributed by atoms with E-state index < -0.39 is 0 Å². The fourth-order valence-electron chi connectivity index (χ4n) is 3.35. The Balaban J connectivity index is 1.57. The first kappa shape index (κ1) is 13.5. The van der Waals surface area contributed by atoms with Gasteiger partial charge < -0.3 is 9.84 Å². The van der Waals surface area contributed by atoms with Crippen LogP contribution in [0.25, 0.3) is 10.8 Å². The molecule has 0 radical (unpaired) electrons. The number of piperidine rings is 1. The average molecular weight is 303 g/mol. The molecule has 1 fully saturated rings. The van der Waals surface area contributed by atoms with Crippen LogP contribution in [0.3, 0.4) is 0 Å². The molecule has 1 aliphatic heterocycles. The summed E-state index contributed by atoms with van der Waals surface area (Å²) in [5.74, 6) is 2.08. The lowest BCUT2D eigenvalue weighted by molar-refractivity contribution is 0.392. The number of aryl methyl sites for hydroxylation is 2. The van der Waals surface area contributed by atoms with E-state index in [0.29, 0.717) is 5.92 Å². The first-order valence-corrected chi connectivity index (χ1v) is 8.88. The SMILES string of the molecule is c1c(-c2nc(C3CCNCC3)no2)sc2c1CCCCC2. The van der Waals surface area contributed by atoms with Gasteiger partial charge in [0, 0.05) is 10.8 Å². The van der Waals surface area contributed by atoms with E-state index in [2.05, 4.69) is 21.5 Å². The van der Waals surface area contributed by atoms with Crippen LogP contribution in [0.5, 0.6) is 0 Å². The van der Waals surface area contributed by atoms with Crippen LogP contribution in [0.2, 0.25) is 0 Å². The van der Waals surface area contributed by atoms with Crippen molar-refractivity contribution in [3.05, 3.63) is 22.3 Å². The second-order valence-corrected chi connectivity index (χ2v) is 7.24. The van der Waals surface area contributed by atoms with Gasteiger partial charge in [-0.05, 0) is 63.2 Å². The fraction of sp³-hybridized carbons (Fsp3) is 0.625. The van der Waals surface area contributed by atoms with Crippen LogP contribution in [-0.2, 0) is 12.8 Å². The molecule has 0 spiro atoms. The summed E-state index contributed by atoms with van der Waals surface area (Å²) in [6.07, 6.45) is 8.64. The molecular formula is C16H21N3OS. The van der Waals surface area contributed by atoms with Gasteiger partial charge in [0.1, 0.15) is 0 Å². The van der Waals surface area contributed by atoms with Gasteiger partial charge in [-0.15, -0.1) is 11.3 Å². The highest BCUT2D eigenvalue weighted by atomic mass is 32.1. The first-order valence-electron chi connectivity index (χ1n) is 8.06. The molecule has 21 heavy (non-hydrogen) atoms. The Morgan fingerprint density at radius 2 is 2.00 bits per heavy atom. The van der Waals surface area contributed by atoms with Crippen molar-refractivity contribution >= 4 is 11.3 Å². The molecule has 2 aromatic rings. The maximum absolute atomic E-state index is 5.54. The predicted molar refractivity (Wildman–Crippen MR) is 83.7 cm³/mol. The Hall–Kier alpha value is -1.20. The smallest absolute Gasteiger partial charge is 0.268 e. The monoisotopic (exact) mass is 303 g/mol. The number of thiophene rings is 1. The van der Waals surface area contributed by atoms with Crippen molar-refractivity contribution in [3.8, 4) is 10.8 Å². The third-order valence-electron chi connectivity index (χ3n) is 4.60. The van der Waals surface area contributed by atoms with E-state index in [1.54, 1.807) is 0 Å². The largest absolute Gasteiger partial charge is 0.333 e. The second-order valence-electron chi connectivity index (χ2n) is 6.10. The lowest BCUT2D eigenvalue weighted by Gasteiger charge is -2.18. The van der Waals surface area contributed by atoms with E-state index in [4.69, 9.17) is 4.52 Å². The van der Waals surface area contributed by atoms with E-state index in [1.807, 2.05) is 11.3 Å². The van der Waals surface area contributed by atoms with Crippen molar-refractivity contribution in [3.63, 3.8) is 0 Å². The minimum Gasteiger partial charge on any atom is -0.333 e. The van der Waals surface area contributed by atoms with Crippen LogP contribution in [0, 0.1) is 0 Å². The molecule has 5 heteroatoms. The molecule has 0 amide bonds. The molecule has 0 saturated carbocycles. The molecule has 1 N–H and O–H groups in total. The zero-order valence-corrected chi connectivity index (χ0v) is 13.0. The normalized spacial score (nSPS) is 20.2. The summed E-state index contributed by atoms with van der Waals surface area (Å²) < 4.78 is 5.54. The minimum absolute atomic E-state index is 0.460. The molecule has 1 saturated heterocycles. The second kappa shape index (κ2) is 5.89. The topological polar surface area (TPSA) is 51.0 Å². The summed E-state index contributed by atoms with van der Waals surface area (Å²) in [6.45, 7) is 2.11. The van der Waals surface area contributed by atoms with E-state index in [1.165, 1.54) is 42.5 Å². The maximum atomic E-state index is 5.54. The number of hydrogen-bond donors (Lipinski definition) is 1. The Morgan fingerprint density at radius 1 is 1.14 bits per heavy atom. The molecule has 2 aliphatic rings. The molecule has 4 rings (SSSR count). The number of hydrogen-bond acceptors (Lipinski definition) is 5. The Bertz CT molecular complexity index is 589. The lowest BCUT2D eigenvalue weighted by atomic mass is 9.98. The highest BCUT2D eigenvalue weighted by Gasteiger charge is 2.22. The van der Waals surface area contributed by atoms with E-state index in [-0.39, 0.29) is 0 Å². The number of nitrogens with zero attached hydrogens (tertiary/aromatic N) is 2. The van der Waals surface area contributed by atoms with Gasteiger partial charge in [-0.1, -0.05) is 11.6 Å². The van der Waals surface area contributed by atoms with Gasteiger partial charge >= 0.3 is 0 Å². The van der Waals surface area contributed by atoms with Gasteiger partial charge in [0.2, 0.25) is 0 Å². The average Bonchev–Trinajstić information content (AvgIpc) is 3.11. The highest BCUT2D eigenvalue weighted by molar-refractivity contribution is 7.15. The van der Waals surface area contributed by atoms with Crippen LogP contribution in [0.1, 0.15) is 54.3 Å². The summed E-state index contributed by atoms with van der Waals surface area (Å²) in [4.78, 5) is 7.37. The van der Waals surface area contributed by atoms with Gasteiger partial charge in [-0.3, -0.25) is 0 Å². The van der Waals surface area contributed by atoms with Crippen molar-refractivity contribution in [2.75, 3.05) is 13.1 Å². The third kappa shape index (κ3) is 2.77. The summed E-state index contributed by atoms with van der Waals surface area (Å²) in [7, 11) is 0. The summed E-state index contributed by atoms with van der Waals surface area (Å²) in [5, 5.41) is 7.61. The first-order chi connectivity index (χ1) is 10.4. The van der Waals surface area contributed by atoms with Crippen molar-refractivity contribution in [2.45, 2.75) is 50.9 Å². The lowest BCUT2D eigenvalue weighted by Crippen LogP contribution is -2.27. The fourth-order valence-corrected chi connectivity index (χ4v) is 4.53. The quantitative estimate of drug-likeness (QED) is 0.862. The molecular weight excluding hydrogens is 282 g/mol. The van der Waals surface area contributed by atoms with E-state index >= 15 is 0 Å². The predicted octanol–water partition coefficient (Wildman–Crippen LogP) is 3.53. The van der Waals surface area contributed by atoms with E-state index in [9.17, 15) is 0 Å². The van der Waals surface area contributed by atoms with Crippen molar-refractivity contribution < 1.29 is 4.52 Å². The number of rotatable bonds is 2. The van der Waals surface area contributed by atoms with Gasteiger partial charge in [0.25, 0.3) is 5.89 Å². The van der Waals surface area contributed by atoms with Crippen LogP contribution >= 0.6 is 11.3 Å². The number of fused-ring (bicyclic) bond motifs is 1. The van der Waals surface area contributed by atoms with Crippen molar-refractivity contribution in [1.82, 2.24) is 15.5 Å². The molecule has 112 valence electrons. The number of aromatic nitrogens is 2. The molecule has 2 aromatic heterocycles. The molecule has 0 atom stereocenters. The Morgan fingerprint density at radius 3 is 2.90 bits per heavy atom. The van der Waals surface area contributed by atoms with Crippen LogP contribution < -0.4 is 5.32 Å². The van der Waals surface area contributed by atoms with Crippen LogP contribution in [0.4, 0.5) is 0 Å². The zero-order chi connectivity index (χ0) is 14.1. The summed E-state index contributed by atoms with van der Waals surface area (Å²) >= 11 is 1.85. The van der Waals surface area contributed by atoms with Gasteiger partial charge in [-0.2, -0.15) is 4.98 Å². The molecule has 1 aliphatic carbocycles. The number of nitrogens with one attached hydrogen (secondary N) is 1. The third-order valence-corrected chi connectivity index (χ3v) is 5.83.